The second-order valence-electron chi connectivity index (χ2n) is 17.4. The van der Waals surface area contributed by atoms with Crippen molar-refractivity contribution in [1.82, 2.24) is 4.57 Å². The summed E-state index contributed by atoms with van der Waals surface area (Å²) in [4.78, 5) is 0. The maximum atomic E-state index is 13.7. The summed E-state index contributed by atoms with van der Waals surface area (Å²) >= 11 is 0. The maximum absolute atomic E-state index is 13.7. The predicted octanol–water partition coefficient (Wildman–Crippen LogP) is 16.3. The standard InChI is InChI=1S/C58H44F3NSi/c1-63(2,3)53-30-24-46(25-31-53)50-34-49(45-22-28-51(29-23-45)58(59,60)61)35-52(36-50)62-56-32-26-47(43-18-14-41(15-19-43)39-10-6-4-7-11-39)37-54(56)55-38-48(27-33-57(55)62)44-20-16-42(17-21-44)40-12-8-5-9-13-40/h4-38H,1-3H3. The highest BCUT2D eigenvalue weighted by Crippen LogP contribution is 2.40. The van der Waals surface area contributed by atoms with Crippen LogP contribution in [0.15, 0.2) is 212 Å². The highest BCUT2D eigenvalue weighted by atomic mass is 28.3. The zero-order valence-electron chi connectivity index (χ0n) is 35.3. The van der Waals surface area contributed by atoms with Crippen LogP contribution in [0, 0.1) is 0 Å². The monoisotopic (exact) mass is 839 g/mol. The van der Waals surface area contributed by atoms with Crippen LogP contribution >= 0.6 is 0 Å². The molecule has 306 valence electrons. The topological polar surface area (TPSA) is 4.93 Å². The van der Waals surface area contributed by atoms with Crippen molar-refractivity contribution in [2.24, 2.45) is 0 Å². The van der Waals surface area contributed by atoms with Crippen molar-refractivity contribution >= 4 is 35.1 Å². The molecule has 0 saturated carbocycles. The minimum atomic E-state index is -4.42. The summed E-state index contributed by atoms with van der Waals surface area (Å²) in [6.45, 7) is 7.01. The summed E-state index contributed by atoms with van der Waals surface area (Å²) < 4.78 is 43.5. The number of aromatic nitrogens is 1. The Balaban J connectivity index is 1.16. The molecule has 1 nitrogen and oxygen atoms in total. The molecule has 9 aromatic carbocycles. The Bertz CT molecular complexity index is 3020. The second-order valence-corrected chi connectivity index (χ2v) is 22.4. The molecule has 0 spiro atoms. The van der Waals surface area contributed by atoms with E-state index in [4.69, 9.17) is 0 Å². The maximum Gasteiger partial charge on any atom is 0.416 e. The molecule has 0 aliphatic heterocycles. The molecule has 1 aromatic heterocycles. The van der Waals surface area contributed by atoms with E-state index in [0.29, 0.717) is 5.56 Å². The van der Waals surface area contributed by atoms with E-state index >= 15 is 0 Å². The van der Waals surface area contributed by atoms with Gasteiger partial charge in [-0.1, -0.05) is 183 Å². The van der Waals surface area contributed by atoms with E-state index in [-0.39, 0.29) is 0 Å². The van der Waals surface area contributed by atoms with Crippen molar-refractivity contribution in [3.05, 3.63) is 218 Å². The van der Waals surface area contributed by atoms with Crippen molar-refractivity contribution in [3.8, 4) is 72.4 Å². The Morgan fingerprint density at radius 3 is 1.06 bits per heavy atom. The first-order chi connectivity index (χ1) is 30.5. The van der Waals surface area contributed by atoms with E-state index in [1.54, 1.807) is 12.1 Å². The number of hydrogen-bond donors (Lipinski definition) is 0. The minimum Gasteiger partial charge on any atom is -0.309 e. The van der Waals surface area contributed by atoms with Gasteiger partial charge in [-0.05, 0) is 121 Å². The summed E-state index contributed by atoms with van der Waals surface area (Å²) in [6, 6.07) is 72.4. The average molecular weight is 840 g/mol. The van der Waals surface area contributed by atoms with Crippen LogP contribution in [0.1, 0.15) is 5.56 Å². The van der Waals surface area contributed by atoms with Crippen molar-refractivity contribution in [2.45, 2.75) is 25.8 Å². The van der Waals surface area contributed by atoms with Gasteiger partial charge in [-0.3, -0.25) is 0 Å². The summed E-state index contributed by atoms with van der Waals surface area (Å²) in [7, 11) is -1.55. The van der Waals surface area contributed by atoms with Crippen LogP contribution in [0.2, 0.25) is 19.6 Å². The molecule has 0 radical (unpaired) electrons. The third kappa shape index (κ3) is 7.93. The molecule has 63 heavy (non-hydrogen) atoms. The number of benzene rings is 9. The second kappa shape index (κ2) is 15.9. The fraction of sp³-hybridized carbons (Fsp3) is 0.0690. The molecule has 0 atom stereocenters. The van der Waals surface area contributed by atoms with Crippen molar-refractivity contribution in [3.63, 3.8) is 0 Å². The quantitative estimate of drug-likeness (QED) is 0.134. The van der Waals surface area contributed by atoms with Crippen LogP contribution in [-0.4, -0.2) is 12.6 Å². The zero-order valence-corrected chi connectivity index (χ0v) is 36.3. The molecule has 10 rings (SSSR count). The molecule has 0 amide bonds. The summed E-state index contributed by atoms with van der Waals surface area (Å²) in [6.07, 6.45) is -4.42. The van der Waals surface area contributed by atoms with Gasteiger partial charge in [0, 0.05) is 16.5 Å². The molecule has 0 aliphatic carbocycles. The molecule has 1 heterocycles. The first-order valence-electron chi connectivity index (χ1n) is 21.3. The van der Waals surface area contributed by atoms with Crippen LogP contribution < -0.4 is 5.19 Å². The lowest BCUT2D eigenvalue weighted by Gasteiger charge is -2.18. The summed E-state index contributed by atoms with van der Waals surface area (Å²) in [5, 5.41) is 3.58. The highest BCUT2D eigenvalue weighted by molar-refractivity contribution is 6.88. The van der Waals surface area contributed by atoms with E-state index < -0.39 is 19.8 Å². The fourth-order valence-electron chi connectivity index (χ4n) is 8.72. The van der Waals surface area contributed by atoms with Crippen LogP contribution in [0.25, 0.3) is 94.3 Å². The number of halogens is 3. The molecule has 0 bridgehead atoms. The molecule has 0 aliphatic rings. The Kier molecular flexibility index (Phi) is 10.1. The van der Waals surface area contributed by atoms with E-state index in [9.17, 15) is 13.2 Å². The largest absolute Gasteiger partial charge is 0.416 e. The molecule has 5 heteroatoms. The molecule has 10 aromatic rings. The van der Waals surface area contributed by atoms with Gasteiger partial charge in [-0.15, -0.1) is 0 Å². The van der Waals surface area contributed by atoms with Crippen LogP contribution in [0.5, 0.6) is 0 Å². The van der Waals surface area contributed by atoms with Crippen molar-refractivity contribution < 1.29 is 13.2 Å². The normalized spacial score (nSPS) is 12.0. The molecule has 0 saturated heterocycles. The van der Waals surface area contributed by atoms with Gasteiger partial charge in [0.1, 0.15) is 0 Å². The molecule has 0 N–H and O–H groups in total. The Hall–Kier alpha value is -7.21. The van der Waals surface area contributed by atoms with Gasteiger partial charge in [0.2, 0.25) is 0 Å². The number of hydrogen-bond acceptors (Lipinski definition) is 0. The number of fused-ring (bicyclic) bond motifs is 3. The zero-order chi connectivity index (χ0) is 43.3. The number of alkyl halides is 3. The Morgan fingerprint density at radius 1 is 0.333 bits per heavy atom. The van der Waals surface area contributed by atoms with E-state index in [0.717, 1.165) is 66.4 Å². The highest BCUT2D eigenvalue weighted by Gasteiger charge is 2.30. The average Bonchev–Trinajstić information content (AvgIpc) is 3.64. The number of nitrogens with zero attached hydrogens (tertiary/aromatic N) is 1. The SMILES string of the molecule is C[Si](C)(C)c1ccc(-c2cc(-c3ccc(C(F)(F)F)cc3)cc(-n3c4ccc(-c5ccc(-c6ccccc6)cc5)cc4c4cc(-c5ccc(-c6ccccc6)cc5)ccc43)c2)cc1. The van der Waals surface area contributed by atoms with Crippen molar-refractivity contribution in [1.29, 1.82) is 0 Å². The summed E-state index contributed by atoms with van der Waals surface area (Å²) in [5.41, 5.74) is 15.1. The predicted molar refractivity (Wildman–Crippen MR) is 261 cm³/mol. The van der Waals surface area contributed by atoms with Gasteiger partial charge in [0.05, 0.1) is 24.7 Å². The van der Waals surface area contributed by atoms with Crippen LogP contribution in [0.3, 0.4) is 0 Å². The number of rotatable bonds is 8. The van der Waals surface area contributed by atoms with Gasteiger partial charge in [-0.2, -0.15) is 13.2 Å². The van der Waals surface area contributed by atoms with Crippen LogP contribution in [-0.2, 0) is 6.18 Å². The van der Waals surface area contributed by atoms with Gasteiger partial charge in [0.25, 0.3) is 0 Å². The lowest BCUT2D eigenvalue weighted by atomic mass is 9.97. The van der Waals surface area contributed by atoms with Gasteiger partial charge < -0.3 is 4.57 Å². The van der Waals surface area contributed by atoms with Gasteiger partial charge in [-0.25, -0.2) is 0 Å². The molecule has 0 fully saturated rings. The molecule has 0 unspecified atom stereocenters. The third-order valence-corrected chi connectivity index (χ3v) is 14.3. The smallest absolute Gasteiger partial charge is 0.309 e. The minimum absolute atomic E-state index is 0.664. The van der Waals surface area contributed by atoms with Gasteiger partial charge >= 0.3 is 6.18 Å². The molecular formula is C58H44F3NSi. The van der Waals surface area contributed by atoms with Crippen LogP contribution in [0.4, 0.5) is 13.2 Å². The first kappa shape index (κ1) is 39.9. The van der Waals surface area contributed by atoms with Crippen molar-refractivity contribution in [2.75, 3.05) is 0 Å². The lowest BCUT2D eigenvalue weighted by molar-refractivity contribution is -0.137. The van der Waals surface area contributed by atoms with E-state index in [1.165, 1.54) is 39.6 Å². The Labute approximate surface area is 367 Å². The third-order valence-electron chi connectivity index (χ3n) is 12.2. The molecular weight excluding hydrogens is 796 g/mol. The summed E-state index contributed by atoms with van der Waals surface area (Å²) in [5.74, 6) is 0. The fourth-order valence-corrected chi connectivity index (χ4v) is 9.89. The van der Waals surface area contributed by atoms with E-state index in [2.05, 4.69) is 200 Å². The van der Waals surface area contributed by atoms with Gasteiger partial charge in [0.15, 0.2) is 0 Å². The Morgan fingerprint density at radius 2 is 0.667 bits per heavy atom. The first-order valence-corrected chi connectivity index (χ1v) is 24.8. The van der Waals surface area contributed by atoms with E-state index in [1.807, 2.05) is 12.1 Å². The lowest BCUT2D eigenvalue weighted by Crippen LogP contribution is -2.37.